The molecule has 0 aromatic rings. The standard InChI is InChI=1S/C12H18ClN2O2P/c13-6-8-15-18(16)10-17-9-5-12(18)11-4-2-1-3-7-14-11/h1-4,7,12,14H,5-6,8-10H2,(H,15,16). The predicted octanol–water partition coefficient (Wildman–Crippen LogP) is 2.40. The Kier molecular flexibility index (Phi) is 5.07. The van der Waals surface area contributed by atoms with E-state index < -0.39 is 7.29 Å². The summed E-state index contributed by atoms with van der Waals surface area (Å²) in [7, 11) is -2.58. The second kappa shape index (κ2) is 6.58. The first-order valence-corrected chi connectivity index (χ1v) is 8.53. The average Bonchev–Trinajstić information content (AvgIpc) is 2.66. The van der Waals surface area contributed by atoms with E-state index in [2.05, 4.69) is 10.4 Å². The number of hydrogen-bond acceptors (Lipinski definition) is 3. The lowest BCUT2D eigenvalue weighted by atomic mass is 10.2. The highest BCUT2D eigenvalue weighted by Gasteiger charge is 2.38. The molecule has 2 heterocycles. The van der Waals surface area contributed by atoms with Gasteiger partial charge in [0.1, 0.15) is 6.35 Å². The molecule has 0 aliphatic carbocycles. The Bertz CT molecular complexity index is 420. The van der Waals surface area contributed by atoms with Crippen molar-refractivity contribution in [3.05, 3.63) is 36.2 Å². The van der Waals surface area contributed by atoms with Crippen molar-refractivity contribution in [3.8, 4) is 0 Å². The summed E-state index contributed by atoms with van der Waals surface area (Å²) < 4.78 is 18.3. The van der Waals surface area contributed by atoms with Gasteiger partial charge >= 0.3 is 0 Å². The molecule has 0 amide bonds. The van der Waals surface area contributed by atoms with Gasteiger partial charge in [0, 0.05) is 30.9 Å². The molecule has 2 aliphatic heterocycles. The molecule has 0 aromatic carbocycles. The molecule has 4 nitrogen and oxygen atoms in total. The summed E-state index contributed by atoms with van der Waals surface area (Å²) in [6, 6.07) is 0. The summed E-state index contributed by atoms with van der Waals surface area (Å²) in [5.41, 5.74) is 0.954. The number of rotatable bonds is 4. The summed E-state index contributed by atoms with van der Waals surface area (Å²) in [5.74, 6) is 0.447. The zero-order chi connectivity index (χ0) is 12.8. The van der Waals surface area contributed by atoms with E-state index >= 15 is 0 Å². The lowest BCUT2D eigenvalue weighted by molar-refractivity contribution is 0.157. The Morgan fingerprint density at radius 2 is 2.39 bits per heavy atom. The minimum absolute atomic E-state index is 0.0260. The van der Waals surface area contributed by atoms with Crippen LogP contribution in [-0.2, 0) is 9.30 Å². The first-order chi connectivity index (χ1) is 8.76. The van der Waals surface area contributed by atoms with Crippen LogP contribution in [0.15, 0.2) is 36.2 Å². The fraction of sp³-hybridized carbons (Fsp3) is 0.500. The van der Waals surface area contributed by atoms with Gasteiger partial charge < -0.3 is 14.6 Å². The van der Waals surface area contributed by atoms with Crippen molar-refractivity contribution in [2.75, 3.05) is 25.4 Å². The Labute approximate surface area is 113 Å². The third-order valence-corrected chi connectivity index (χ3v) is 6.06. The molecule has 2 atom stereocenters. The minimum atomic E-state index is -2.58. The molecule has 0 bridgehead atoms. The van der Waals surface area contributed by atoms with Gasteiger partial charge in [-0.1, -0.05) is 12.2 Å². The Balaban J connectivity index is 2.17. The van der Waals surface area contributed by atoms with Gasteiger partial charge in [0.15, 0.2) is 7.29 Å². The van der Waals surface area contributed by atoms with Gasteiger partial charge in [-0.2, -0.15) is 0 Å². The van der Waals surface area contributed by atoms with Crippen molar-refractivity contribution in [2.24, 2.45) is 0 Å². The van der Waals surface area contributed by atoms with E-state index in [9.17, 15) is 4.57 Å². The van der Waals surface area contributed by atoms with Crippen LogP contribution in [0.2, 0.25) is 0 Å². The number of halogens is 1. The molecule has 1 saturated heterocycles. The highest BCUT2D eigenvalue weighted by Crippen LogP contribution is 2.52. The van der Waals surface area contributed by atoms with Gasteiger partial charge in [-0.15, -0.1) is 11.6 Å². The lowest BCUT2D eigenvalue weighted by Crippen LogP contribution is -2.34. The molecule has 1 fully saturated rings. The second-order valence-electron chi connectivity index (χ2n) is 4.24. The normalized spacial score (nSPS) is 31.6. The van der Waals surface area contributed by atoms with Crippen LogP contribution >= 0.6 is 18.9 Å². The summed E-state index contributed by atoms with van der Waals surface area (Å²) in [5, 5.41) is 6.29. The van der Waals surface area contributed by atoms with Crippen molar-refractivity contribution < 1.29 is 9.30 Å². The van der Waals surface area contributed by atoms with Crippen LogP contribution in [0.1, 0.15) is 6.42 Å². The van der Waals surface area contributed by atoms with Crippen LogP contribution < -0.4 is 10.4 Å². The largest absolute Gasteiger partial charge is 0.372 e. The molecular weight excluding hydrogens is 271 g/mol. The minimum Gasteiger partial charge on any atom is -0.372 e. The van der Waals surface area contributed by atoms with E-state index in [0.29, 0.717) is 19.0 Å². The highest BCUT2D eigenvalue weighted by molar-refractivity contribution is 7.62. The Morgan fingerprint density at radius 1 is 1.50 bits per heavy atom. The van der Waals surface area contributed by atoms with Gasteiger partial charge in [-0.25, -0.2) is 0 Å². The van der Waals surface area contributed by atoms with E-state index in [-0.39, 0.29) is 12.0 Å². The second-order valence-corrected chi connectivity index (χ2v) is 7.41. The van der Waals surface area contributed by atoms with Gasteiger partial charge in [-0.05, 0) is 18.6 Å². The molecule has 18 heavy (non-hydrogen) atoms. The van der Waals surface area contributed by atoms with Gasteiger partial charge in [0.2, 0.25) is 0 Å². The molecule has 0 radical (unpaired) electrons. The highest BCUT2D eigenvalue weighted by atomic mass is 35.5. The predicted molar refractivity (Wildman–Crippen MR) is 75.1 cm³/mol. The number of ether oxygens (including phenoxy) is 1. The molecule has 2 unspecified atom stereocenters. The van der Waals surface area contributed by atoms with E-state index in [4.69, 9.17) is 16.3 Å². The van der Waals surface area contributed by atoms with Crippen LogP contribution in [-0.4, -0.2) is 31.0 Å². The summed E-state index contributed by atoms with van der Waals surface area (Å²) in [4.78, 5) is 0. The smallest absolute Gasteiger partial charge is 0.181 e. The number of alkyl halides is 1. The quantitative estimate of drug-likeness (QED) is 0.616. The number of allylic oxidation sites excluding steroid dienone is 5. The number of nitrogens with one attached hydrogen (secondary N) is 2. The first kappa shape index (κ1) is 13.9. The lowest BCUT2D eigenvalue weighted by Gasteiger charge is -2.33. The summed E-state index contributed by atoms with van der Waals surface area (Å²) >= 11 is 5.67. The third kappa shape index (κ3) is 3.27. The third-order valence-electron chi connectivity index (χ3n) is 3.00. The van der Waals surface area contributed by atoms with Crippen LogP contribution in [0.4, 0.5) is 0 Å². The topological polar surface area (TPSA) is 50.4 Å². The maximum absolute atomic E-state index is 12.9. The number of hydrogen-bond donors (Lipinski definition) is 2. The van der Waals surface area contributed by atoms with Crippen molar-refractivity contribution in [1.82, 2.24) is 10.4 Å². The van der Waals surface area contributed by atoms with Gasteiger partial charge in [0.05, 0.1) is 5.66 Å². The monoisotopic (exact) mass is 288 g/mol. The van der Waals surface area contributed by atoms with Crippen LogP contribution in [0.5, 0.6) is 0 Å². The zero-order valence-corrected chi connectivity index (χ0v) is 11.8. The molecule has 100 valence electrons. The molecule has 6 heteroatoms. The van der Waals surface area contributed by atoms with E-state index in [1.807, 2.05) is 30.5 Å². The SMILES string of the molecule is O=P1(NCCCl)COCCC1C1=CC=CC=CN1. The fourth-order valence-electron chi connectivity index (χ4n) is 2.14. The fourth-order valence-corrected chi connectivity index (χ4v) is 4.88. The maximum Gasteiger partial charge on any atom is 0.181 e. The molecule has 2 N–H and O–H groups in total. The van der Waals surface area contributed by atoms with Crippen LogP contribution in [0.25, 0.3) is 0 Å². The van der Waals surface area contributed by atoms with Crippen LogP contribution in [0.3, 0.4) is 0 Å². The van der Waals surface area contributed by atoms with Gasteiger partial charge in [0.25, 0.3) is 0 Å². The molecule has 2 rings (SSSR count). The van der Waals surface area contributed by atoms with Crippen molar-refractivity contribution in [3.63, 3.8) is 0 Å². The van der Waals surface area contributed by atoms with E-state index in [1.54, 1.807) is 0 Å². The van der Waals surface area contributed by atoms with Crippen LogP contribution in [0, 0.1) is 0 Å². The maximum atomic E-state index is 12.9. The van der Waals surface area contributed by atoms with E-state index in [0.717, 1.165) is 12.1 Å². The molecule has 0 saturated carbocycles. The molecule has 0 aromatic heterocycles. The zero-order valence-electron chi connectivity index (χ0n) is 10.1. The van der Waals surface area contributed by atoms with Crippen molar-refractivity contribution in [1.29, 1.82) is 0 Å². The summed E-state index contributed by atoms with van der Waals surface area (Å²) in [6.45, 7) is 1.18. The Morgan fingerprint density at radius 3 is 3.22 bits per heavy atom. The summed E-state index contributed by atoms with van der Waals surface area (Å²) in [6.07, 6.45) is 10.7. The molecular formula is C12H18ClN2O2P. The molecule has 0 spiro atoms. The van der Waals surface area contributed by atoms with E-state index in [1.165, 1.54) is 0 Å². The van der Waals surface area contributed by atoms with Gasteiger partial charge in [-0.3, -0.25) is 5.09 Å². The van der Waals surface area contributed by atoms with Crippen molar-refractivity contribution >= 4 is 18.9 Å². The molecule has 2 aliphatic rings. The first-order valence-electron chi connectivity index (χ1n) is 6.04. The van der Waals surface area contributed by atoms with Crippen molar-refractivity contribution in [2.45, 2.75) is 12.1 Å². The average molecular weight is 289 g/mol. The Hall–Kier alpha value is -0.540.